The van der Waals surface area contributed by atoms with Crippen molar-refractivity contribution in [2.75, 3.05) is 0 Å². The van der Waals surface area contributed by atoms with Gasteiger partial charge in [0, 0.05) is 6.20 Å². The molecule has 0 radical (unpaired) electrons. The second-order valence-electron chi connectivity index (χ2n) is 3.92. The lowest BCUT2D eigenvalue weighted by Crippen LogP contribution is -1.99. The van der Waals surface area contributed by atoms with Gasteiger partial charge in [0.05, 0.1) is 17.6 Å². The SMILES string of the molecule is O=C(O)Cc1cn2c(ccc3ccccc32)n1. The molecule has 0 bridgehead atoms. The van der Waals surface area contributed by atoms with E-state index in [1.807, 2.05) is 40.8 Å². The Kier molecular flexibility index (Phi) is 2.08. The normalized spacial score (nSPS) is 11.1. The molecule has 0 spiro atoms. The summed E-state index contributed by atoms with van der Waals surface area (Å²) in [4.78, 5) is 14.9. The van der Waals surface area contributed by atoms with Gasteiger partial charge in [0.2, 0.25) is 0 Å². The Hall–Kier alpha value is -2.36. The molecule has 1 N–H and O–H groups in total. The lowest BCUT2D eigenvalue weighted by Gasteiger charge is -2.00. The standard InChI is InChI=1S/C13H10N2O2/c16-13(17)7-10-8-15-11-4-2-1-3-9(11)5-6-12(15)14-10/h1-6,8H,7H2,(H,16,17). The second kappa shape index (κ2) is 3.59. The average Bonchev–Trinajstić information content (AvgIpc) is 2.70. The van der Waals surface area contributed by atoms with Gasteiger partial charge in [-0.2, -0.15) is 0 Å². The van der Waals surface area contributed by atoms with Crippen LogP contribution in [0.1, 0.15) is 5.69 Å². The highest BCUT2D eigenvalue weighted by Gasteiger charge is 2.07. The van der Waals surface area contributed by atoms with Gasteiger partial charge < -0.3 is 5.11 Å². The molecule has 3 rings (SSSR count). The molecule has 4 nitrogen and oxygen atoms in total. The maximum Gasteiger partial charge on any atom is 0.309 e. The molecule has 4 heteroatoms. The molecule has 0 fully saturated rings. The van der Waals surface area contributed by atoms with Crippen molar-refractivity contribution < 1.29 is 9.90 Å². The van der Waals surface area contributed by atoms with Crippen molar-refractivity contribution in [2.24, 2.45) is 0 Å². The van der Waals surface area contributed by atoms with Crippen molar-refractivity contribution in [3.05, 3.63) is 48.3 Å². The fourth-order valence-corrected chi connectivity index (χ4v) is 2.01. The number of imidazole rings is 1. The topological polar surface area (TPSA) is 54.6 Å². The molecule has 0 unspecified atom stereocenters. The predicted octanol–water partition coefficient (Wildman–Crippen LogP) is 2.11. The maximum absolute atomic E-state index is 10.7. The number of pyridine rings is 1. The highest BCUT2D eigenvalue weighted by Crippen LogP contribution is 2.17. The molecular formula is C13H10N2O2. The van der Waals surface area contributed by atoms with Crippen molar-refractivity contribution >= 4 is 22.5 Å². The monoisotopic (exact) mass is 226 g/mol. The van der Waals surface area contributed by atoms with Crippen LogP contribution in [0.2, 0.25) is 0 Å². The van der Waals surface area contributed by atoms with Crippen molar-refractivity contribution in [3.8, 4) is 0 Å². The number of nitrogens with zero attached hydrogens (tertiary/aromatic N) is 2. The zero-order valence-corrected chi connectivity index (χ0v) is 9.00. The van der Waals surface area contributed by atoms with E-state index in [-0.39, 0.29) is 6.42 Å². The van der Waals surface area contributed by atoms with Gasteiger partial charge in [0.25, 0.3) is 0 Å². The summed E-state index contributed by atoms with van der Waals surface area (Å²) in [6.07, 6.45) is 1.74. The van der Waals surface area contributed by atoms with E-state index in [9.17, 15) is 4.79 Å². The maximum atomic E-state index is 10.7. The third kappa shape index (κ3) is 1.63. The van der Waals surface area contributed by atoms with Crippen molar-refractivity contribution in [2.45, 2.75) is 6.42 Å². The van der Waals surface area contributed by atoms with Gasteiger partial charge >= 0.3 is 5.97 Å². The molecule has 2 aromatic heterocycles. The Bertz CT molecular complexity index is 716. The van der Waals surface area contributed by atoms with Crippen molar-refractivity contribution in [1.29, 1.82) is 0 Å². The molecule has 0 aliphatic carbocycles. The van der Waals surface area contributed by atoms with E-state index < -0.39 is 5.97 Å². The number of rotatable bonds is 2. The number of carbonyl (C=O) groups is 1. The fraction of sp³-hybridized carbons (Fsp3) is 0.0769. The number of carboxylic acids is 1. The summed E-state index contributed by atoms with van der Waals surface area (Å²) in [6, 6.07) is 11.8. The van der Waals surface area contributed by atoms with Crippen LogP contribution in [0.3, 0.4) is 0 Å². The van der Waals surface area contributed by atoms with Gasteiger partial charge in [0.1, 0.15) is 5.65 Å². The van der Waals surface area contributed by atoms with Crippen LogP contribution in [0.5, 0.6) is 0 Å². The Morgan fingerprint density at radius 2 is 2.06 bits per heavy atom. The van der Waals surface area contributed by atoms with Gasteiger partial charge in [-0.3, -0.25) is 9.20 Å². The van der Waals surface area contributed by atoms with E-state index in [2.05, 4.69) is 4.98 Å². The number of para-hydroxylation sites is 1. The zero-order valence-electron chi connectivity index (χ0n) is 9.00. The number of carboxylic acid groups (broad SMARTS) is 1. The van der Waals surface area contributed by atoms with Crippen LogP contribution < -0.4 is 0 Å². The first-order chi connectivity index (χ1) is 8.24. The van der Waals surface area contributed by atoms with Crippen LogP contribution in [0.15, 0.2) is 42.6 Å². The zero-order chi connectivity index (χ0) is 11.8. The third-order valence-electron chi connectivity index (χ3n) is 2.72. The molecular weight excluding hydrogens is 216 g/mol. The first kappa shape index (κ1) is 9.84. The summed E-state index contributed by atoms with van der Waals surface area (Å²) in [5.41, 5.74) is 2.39. The highest BCUT2D eigenvalue weighted by molar-refractivity contribution is 5.82. The lowest BCUT2D eigenvalue weighted by molar-refractivity contribution is -0.136. The number of hydrogen-bond acceptors (Lipinski definition) is 2. The summed E-state index contributed by atoms with van der Waals surface area (Å²) in [7, 11) is 0. The van der Waals surface area contributed by atoms with Gasteiger partial charge in [-0.25, -0.2) is 4.98 Å². The third-order valence-corrected chi connectivity index (χ3v) is 2.72. The lowest BCUT2D eigenvalue weighted by atomic mass is 10.2. The van der Waals surface area contributed by atoms with Gasteiger partial charge in [-0.15, -0.1) is 0 Å². The van der Waals surface area contributed by atoms with Crippen LogP contribution >= 0.6 is 0 Å². The van der Waals surface area contributed by atoms with E-state index in [0.29, 0.717) is 5.69 Å². The molecule has 0 atom stereocenters. The Morgan fingerprint density at radius 3 is 2.88 bits per heavy atom. The summed E-state index contributed by atoms with van der Waals surface area (Å²) in [5.74, 6) is -0.863. The molecule has 17 heavy (non-hydrogen) atoms. The average molecular weight is 226 g/mol. The van der Waals surface area contributed by atoms with E-state index in [1.165, 1.54) is 0 Å². The molecule has 84 valence electrons. The fourth-order valence-electron chi connectivity index (χ4n) is 2.01. The summed E-state index contributed by atoms with van der Waals surface area (Å²) >= 11 is 0. The largest absolute Gasteiger partial charge is 0.481 e. The van der Waals surface area contributed by atoms with E-state index >= 15 is 0 Å². The molecule has 0 saturated carbocycles. The quantitative estimate of drug-likeness (QED) is 0.728. The minimum atomic E-state index is -0.863. The molecule has 0 aliphatic heterocycles. The minimum Gasteiger partial charge on any atom is -0.481 e. The molecule has 3 aromatic rings. The summed E-state index contributed by atoms with van der Waals surface area (Å²) in [5, 5.41) is 9.87. The Morgan fingerprint density at radius 1 is 1.24 bits per heavy atom. The second-order valence-corrected chi connectivity index (χ2v) is 3.92. The predicted molar refractivity (Wildman–Crippen MR) is 64.0 cm³/mol. The van der Waals surface area contributed by atoms with Crippen molar-refractivity contribution in [3.63, 3.8) is 0 Å². The number of aliphatic carboxylic acids is 1. The molecule has 2 heterocycles. The first-order valence-electron chi connectivity index (χ1n) is 5.31. The van der Waals surface area contributed by atoms with E-state index in [0.717, 1.165) is 16.6 Å². The summed E-state index contributed by atoms with van der Waals surface area (Å²) < 4.78 is 1.92. The van der Waals surface area contributed by atoms with E-state index in [4.69, 9.17) is 5.11 Å². The van der Waals surface area contributed by atoms with Gasteiger partial charge in [-0.05, 0) is 23.6 Å². The Balaban J connectivity index is 2.27. The smallest absolute Gasteiger partial charge is 0.309 e. The minimum absolute atomic E-state index is 0.0456. The van der Waals surface area contributed by atoms with Crippen LogP contribution in [-0.4, -0.2) is 20.5 Å². The number of hydrogen-bond donors (Lipinski definition) is 1. The number of benzene rings is 1. The molecule has 1 aromatic carbocycles. The summed E-state index contributed by atoms with van der Waals surface area (Å²) in [6.45, 7) is 0. The first-order valence-corrected chi connectivity index (χ1v) is 5.31. The molecule has 0 aliphatic rings. The van der Waals surface area contributed by atoms with Crippen LogP contribution in [0, 0.1) is 0 Å². The molecule has 0 saturated heterocycles. The van der Waals surface area contributed by atoms with Crippen LogP contribution in [0.25, 0.3) is 16.6 Å². The number of fused-ring (bicyclic) bond motifs is 3. The highest BCUT2D eigenvalue weighted by atomic mass is 16.4. The molecule has 0 amide bonds. The Labute approximate surface area is 97.1 Å². The van der Waals surface area contributed by atoms with Crippen LogP contribution in [-0.2, 0) is 11.2 Å². The van der Waals surface area contributed by atoms with Crippen LogP contribution in [0.4, 0.5) is 0 Å². The van der Waals surface area contributed by atoms with Gasteiger partial charge in [-0.1, -0.05) is 18.2 Å². The van der Waals surface area contributed by atoms with Gasteiger partial charge in [0.15, 0.2) is 0 Å². The van der Waals surface area contributed by atoms with E-state index in [1.54, 1.807) is 6.20 Å². The van der Waals surface area contributed by atoms with Crippen molar-refractivity contribution in [1.82, 2.24) is 9.38 Å². The number of aromatic nitrogens is 2.